The molecule has 0 atom stereocenters. The van der Waals surface area contributed by atoms with Crippen molar-refractivity contribution in [3.8, 4) is 0 Å². The first-order valence-electron chi connectivity index (χ1n) is 8.66. The quantitative estimate of drug-likeness (QED) is 0.419. The third-order valence-electron chi connectivity index (χ3n) is 4.14. The molecule has 2 aromatic heterocycles. The summed E-state index contributed by atoms with van der Waals surface area (Å²) in [5.74, 6) is -0.504. The van der Waals surface area contributed by atoms with Crippen LogP contribution in [-0.2, 0) is 26.1 Å². The Morgan fingerprint density at radius 2 is 2.03 bits per heavy atom. The van der Waals surface area contributed by atoms with Crippen molar-refractivity contribution in [1.29, 1.82) is 0 Å². The first-order valence-corrected chi connectivity index (χ1v) is 12.0. The normalized spacial score (nSPS) is 14.6. The third-order valence-corrected chi connectivity index (χ3v) is 7.74. The van der Waals surface area contributed by atoms with Crippen molar-refractivity contribution in [3.05, 3.63) is 58.0 Å². The van der Waals surface area contributed by atoms with Gasteiger partial charge in [-0.3, -0.25) is 10.1 Å². The number of hydrogen-bond acceptors (Lipinski definition) is 9. The van der Waals surface area contributed by atoms with E-state index in [1.807, 2.05) is 5.38 Å². The molecule has 0 saturated heterocycles. The van der Waals surface area contributed by atoms with Crippen LogP contribution >= 0.6 is 22.7 Å². The van der Waals surface area contributed by atoms with E-state index in [1.54, 1.807) is 29.2 Å². The molecule has 1 aromatic carbocycles. The molecule has 0 unspecified atom stereocenters. The number of thiazole rings is 2. The lowest BCUT2D eigenvalue weighted by molar-refractivity contribution is -0.110. The van der Waals surface area contributed by atoms with Crippen LogP contribution in [0.2, 0.25) is 0 Å². The van der Waals surface area contributed by atoms with E-state index in [9.17, 15) is 13.2 Å². The van der Waals surface area contributed by atoms with Crippen molar-refractivity contribution < 1.29 is 18.0 Å². The molecule has 11 heteroatoms. The van der Waals surface area contributed by atoms with Gasteiger partial charge in [-0.15, -0.1) is 22.7 Å². The number of oxime groups is 1. The van der Waals surface area contributed by atoms with Gasteiger partial charge >= 0.3 is 0 Å². The predicted octanol–water partition coefficient (Wildman–Crippen LogP) is 3.10. The summed E-state index contributed by atoms with van der Waals surface area (Å²) in [5.41, 5.74) is 2.83. The minimum atomic E-state index is -3.30. The molecule has 29 heavy (non-hydrogen) atoms. The molecule has 1 fully saturated rings. The molecule has 0 radical (unpaired) electrons. The lowest BCUT2D eigenvalue weighted by atomic mass is 10.1. The van der Waals surface area contributed by atoms with Gasteiger partial charge in [-0.2, -0.15) is 0 Å². The van der Waals surface area contributed by atoms with Crippen LogP contribution in [0.25, 0.3) is 0 Å². The largest absolute Gasteiger partial charge is 0.389 e. The smallest absolute Gasteiger partial charge is 0.280 e. The third kappa shape index (κ3) is 4.69. The van der Waals surface area contributed by atoms with Crippen LogP contribution < -0.4 is 5.32 Å². The zero-order valence-corrected chi connectivity index (χ0v) is 17.5. The Bertz CT molecular complexity index is 1100. The monoisotopic (exact) mass is 448 g/mol. The summed E-state index contributed by atoms with van der Waals surface area (Å²) in [7, 11) is -3.30. The number of hydrogen-bond donors (Lipinski definition) is 1. The highest BCUT2D eigenvalue weighted by Gasteiger charge is 2.36. The van der Waals surface area contributed by atoms with E-state index < -0.39 is 15.7 Å². The average Bonchev–Trinajstić information content (AvgIpc) is 3.23. The molecule has 1 amide bonds. The van der Waals surface area contributed by atoms with Gasteiger partial charge in [0.1, 0.15) is 0 Å². The summed E-state index contributed by atoms with van der Waals surface area (Å²) in [5, 5.41) is 10.3. The minimum Gasteiger partial charge on any atom is -0.389 e. The maximum absolute atomic E-state index is 12.7. The molecule has 150 valence electrons. The first-order chi connectivity index (χ1) is 14.0. The first kappa shape index (κ1) is 19.7. The van der Waals surface area contributed by atoms with E-state index in [4.69, 9.17) is 4.84 Å². The fraction of sp³-hybridized carbons (Fsp3) is 0.222. The Morgan fingerprint density at radius 1 is 1.24 bits per heavy atom. The lowest BCUT2D eigenvalue weighted by Gasteiger charge is -2.08. The number of aromatic nitrogens is 2. The molecule has 0 aliphatic heterocycles. The second-order valence-electron chi connectivity index (χ2n) is 6.25. The van der Waals surface area contributed by atoms with Crippen LogP contribution in [0.15, 0.2) is 56.8 Å². The van der Waals surface area contributed by atoms with Gasteiger partial charge in [-0.1, -0.05) is 17.3 Å². The van der Waals surface area contributed by atoms with Crippen molar-refractivity contribution in [1.82, 2.24) is 9.97 Å². The van der Waals surface area contributed by atoms with E-state index in [0.29, 0.717) is 29.2 Å². The van der Waals surface area contributed by atoms with Crippen LogP contribution in [-0.4, -0.2) is 35.3 Å². The number of carbonyl (C=O) groups is 1. The van der Waals surface area contributed by atoms with Gasteiger partial charge in [-0.25, -0.2) is 18.4 Å². The van der Waals surface area contributed by atoms with Crippen molar-refractivity contribution in [3.63, 3.8) is 0 Å². The number of nitrogens with zero attached hydrogens (tertiary/aromatic N) is 3. The summed E-state index contributed by atoms with van der Waals surface area (Å²) in [6.45, 7) is 0.117. The molecule has 3 aromatic rings. The number of rotatable bonds is 8. The van der Waals surface area contributed by atoms with Gasteiger partial charge in [0.15, 0.2) is 27.3 Å². The van der Waals surface area contributed by atoms with Crippen LogP contribution in [0.5, 0.6) is 0 Å². The molecule has 0 spiro atoms. The van der Waals surface area contributed by atoms with E-state index in [2.05, 4.69) is 20.4 Å². The molecule has 8 nitrogen and oxygen atoms in total. The Balaban J connectivity index is 1.57. The second kappa shape index (κ2) is 8.39. The van der Waals surface area contributed by atoms with Crippen molar-refractivity contribution >= 4 is 49.3 Å². The van der Waals surface area contributed by atoms with Crippen LogP contribution in [0.3, 0.4) is 0 Å². The maximum atomic E-state index is 12.7. The zero-order valence-electron chi connectivity index (χ0n) is 15.0. The maximum Gasteiger partial charge on any atom is 0.280 e. The second-order valence-corrected chi connectivity index (χ2v) is 10.1. The van der Waals surface area contributed by atoms with Gasteiger partial charge in [0.05, 0.1) is 21.3 Å². The highest BCUT2D eigenvalue weighted by Crippen LogP contribution is 2.33. The fourth-order valence-electron chi connectivity index (χ4n) is 2.51. The van der Waals surface area contributed by atoms with E-state index in [1.165, 1.54) is 34.8 Å². The van der Waals surface area contributed by atoms with Gasteiger partial charge in [0.2, 0.25) is 0 Å². The predicted molar refractivity (Wildman–Crippen MR) is 111 cm³/mol. The van der Waals surface area contributed by atoms with Crippen molar-refractivity contribution in [2.24, 2.45) is 5.16 Å². The Morgan fingerprint density at radius 3 is 2.66 bits per heavy atom. The number of nitrogens with one attached hydrogen (secondary N) is 1. The topological polar surface area (TPSA) is 111 Å². The molecule has 4 rings (SSSR count). The van der Waals surface area contributed by atoms with Crippen LogP contribution in [0, 0.1) is 0 Å². The average molecular weight is 449 g/mol. The Labute approximate surface area is 175 Å². The summed E-state index contributed by atoms with van der Waals surface area (Å²) >= 11 is 2.71. The Hall–Kier alpha value is -2.63. The molecular formula is C18H16N4O4S3. The van der Waals surface area contributed by atoms with E-state index in [-0.39, 0.29) is 22.5 Å². The van der Waals surface area contributed by atoms with E-state index >= 15 is 0 Å². The summed E-state index contributed by atoms with van der Waals surface area (Å²) < 4.78 is 24.8. The van der Waals surface area contributed by atoms with E-state index in [0.717, 1.165) is 0 Å². The minimum absolute atomic E-state index is 0.0193. The molecule has 0 bridgehead atoms. The summed E-state index contributed by atoms with van der Waals surface area (Å²) in [4.78, 5) is 26.4. The number of benzene rings is 1. The summed E-state index contributed by atoms with van der Waals surface area (Å²) in [6, 6.07) is 6.11. The molecule has 1 saturated carbocycles. The SMILES string of the molecule is O=C(Nc1nccs1)C(=NOCc1cscn1)c1ccc(S(=O)(=O)C2CC2)cc1. The zero-order chi connectivity index (χ0) is 20.3. The molecule has 2 heterocycles. The fourth-order valence-corrected chi connectivity index (χ4v) is 5.24. The highest BCUT2D eigenvalue weighted by molar-refractivity contribution is 7.92. The summed E-state index contributed by atoms with van der Waals surface area (Å²) in [6.07, 6.45) is 2.96. The number of sulfone groups is 1. The number of amides is 1. The molecule has 1 aliphatic rings. The van der Waals surface area contributed by atoms with Gasteiger partial charge in [0, 0.05) is 22.5 Å². The van der Waals surface area contributed by atoms with Crippen LogP contribution in [0.4, 0.5) is 5.13 Å². The lowest BCUT2D eigenvalue weighted by Crippen LogP contribution is -2.24. The van der Waals surface area contributed by atoms with Crippen molar-refractivity contribution in [2.75, 3.05) is 5.32 Å². The van der Waals surface area contributed by atoms with Crippen molar-refractivity contribution in [2.45, 2.75) is 29.6 Å². The van der Waals surface area contributed by atoms with Gasteiger partial charge in [-0.05, 0) is 25.0 Å². The standard InChI is InChI=1S/C18H16N4O4S3/c23-17(21-18-19-7-8-28-18)16(22-26-9-13-10-27-11-20-13)12-1-3-14(4-2-12)29(24,25)15-5-6-15/h1-4,7-8,10-11,15H,5-6,9H2,(H,19,21,23). The Kier molecular flexibility index (Phi) is 5.69. The number of carbonyl (C=O) groups excluding carboxylic acids is 1. The van der Waals surface area contributed by atoms with Gasteiger partial charge in [0.25, 0.3) is 5.91 Å². The molecular weight excluding hydrogens is 432 g/mol. The molecule has 1 N–H and O–H groups in total. The van der Waals surface area contributed by atoms with Gasteiger partial charge < -0.3 is 4.84 Å². The van der Waals surface area contributed by atoms with Crippen LogP contribution in [0.1, 0.15) is 24.1 Å². The highest BCUT2D eigenvalue weighted by atomic mass is 32.2. The molecule has 1 aliphatic carbocycles. The number of anilines is 1.